The van der Waals surface area contributed by atoms with Gasteiger partial charge in [-0.15, -0.1) is 0 Å². The van der Waals surface area contributed by atoms with Crippen molar-refractivity contribution >= 4 is 6.29 Å². The van der Waals surface area contributed by atoms with Crippen molar-refractivity contribution in [3.8, 4) is 0 Å². The lowest BCUT2D eigenvalue weighted by molar-refractivity contribution is -0.119. The van der Waals surface area contributed by atoms with E-state index in [1.165, 1.54) is 0 Å². The molecule has 2 unspecified atom stereocenters. The minimum absolute atomic E-state index is 0.198. The number of aldehydes is 1. The Balaban J connectivity index is 2.75. The Kier molecular flexibility index (Phi) is 4.31. The van der Waals surface area contributed by atoms with E-state index in [-0.39, 0.29) is 11.3 Å². The Labute approximate surface area is 98.7 Å². The fourth-order valence-electron chi connectivity index (χ4n) is 2.63. The van der Waals surface area contributed by atoms with Crippen molar-refractivity contribution in [1.82, 2.24) is 0 Å². The van der Waals surface area contributed by atoms with Crippen molar-refractivity contribution in [2.45, 2.75) is 58.5 Å². The van der Waals surface area contributed by atoms with Gasteiger partial charge in [-0.1, -0.05) is 25.5 Å². The fraction of sp³-hybridized carbons (Fsp3) is 0.786. The second-order valence-electron chi connectivity index (χ2n) is 5.66. The molecule has 0 aromatic heterocycles. The molecule has 0 aromatic rings. The van der Waals surface area contributed by atoms with Gasteiger partial charge in [-0.25, -0.2) is 0 Å². The van der Waals surface area contributed by atoms with Gasteiger partial charge < -0.3 is 9.90 Å². The summed E-state index contributed by atoms with van der Waals surface area (Å²) >= 11 is 0. The van der Waals surface area contributed by atoms with Gasteiger partial charge in [-0.05, 0) is 45.4 Å². The molecule has 1 aliphatic carbocycles. The molecule has 1 rings (SSSR count). The summed E-state index contributed by atoms with van der Waals surface area (Å²) < 4.78 is 0. The summed E-state index contributed by atoms with van der Waals surface area (Å²) in [4.78, 5) is 11.3. The summed E-state index contributed by atoms with van der Waals surface area (Å²) in [6.07, 6.45) is 9.85. The van der Waals surface area contributed by atoms with Crippen molar-refractivity contribution in [2.75, 3.05) is 0 Å². The first-order valence-corrected chi connectivity index (χ1v) is 6.27. The van der Waals surface area contributed by atoms with Crippen molar-refractivity contribution in [2.24, 2.45) is 11.3 Å². The molecule has 0 heterocycles. The number of hydrogen-bond acceptors (Lipinski definition) is 2. The van der Waals surface area contributed by atoms with E-state index in [4.69, 9.17) is 0 Å². The van der Waals surface area contributed by atoms with E-state index in [0.717, 1.165) is 38.4 Å². The standard InChI is InChI=1S/C14H24O2/c1-4-12(13(2,3)16)10-14(11-15)8-6-5-7-9-14/h5-6,11-12,16H,4,7-10H2,1-3H3. The number of aliphatic hydroxyl groups is 1. The van der Waals surface area contributed by atoms with Crippen molar-refractivity contribution < 1.29 is 9.90 Å². The third-order valence-corrected chi connectivity index (χ3v) is 3.89. The van der Waals surface area contributed by atoms with Crippen LogP contribution in [0.2, 0.25) is 0 Å². The third-order valence-electron chi connectivity index (χ3n) is 3.89. The van der Waals surface area contributed by atoms with Crippen LogP contribution in [-0.4, -0.2) is 17.0 Å². The number of rotatable bonds is 5. The quantitative estimate of drug-likeness (QED) is 0.575. The third kappa shape index (κ3) is 3.18. The zero-order valence-electron chi connectivity index (χ0n) is 10.7. The maximum absolute atomic E-state index is 11.3. The highest BCUT2D eigenvalue weighted by atomic mass is 16.3. The minimum Gasteiger partial charge on any atom is -0.390 e. The number of allylic oxidation sites excluding steroid dienone is 2. The lowest BCUT2D eigenvalue weighted by Crippen LogP contribution is -2.37. The maximum Gasteiger partial charge on any atom is 0.126 e. The highest BCUT2D eigenvalue weighted by Gasteiger charge is 2.36. The largest absolute Gasteiger partial charge is 0.390 e. The lowest BCUT2D eigenvalue weighted by atomic mass is 9.68. The van der Waals surface area contributed by atoms with E-state index >= 15 is 0 Å². The maximum atomic E-state index is 11.3. The molecule has 2 heteroatoms. The Morgan fingerprint density at radius 3 is 2.56 bits per heavy atom. The van der Waals surface area contributed by atoms with E-state index in [1.807, 2.05) is 13.8 Å². The molecule has 0 aromatic carbocycles. The summed E-state index contributed by atoms with van der Waals surface area (Å²) in [6.45, 7) is 5.77. The molecule has 0 aliphatic heterocycles. The van der Waals surface area contributed by atoms with Gasteiger partial charge in [0, 0.05) is 5.41 Å². The van der Waals surface area contributed by atoms with Gasteiger partial charge in [0.1, 0.15) is 6.29 Å². The van der Waals surface area contributed by atoms with Gasteiger partial charge in [0.25, 0.3) is 0 Å². The SMILES string of the molecule is CCC(CC1(C=O)CC=CCC1)C(C)(C)O. The first kappa shape index (κ1) is 13.4. The van der Waals surface area contributed by atoms with Crippen LogP contribution in [0.25, 0.3) is 0 Å². The number of carbonyl (C=O) groups is 1. The average molecular weight is 224 g/mol. The molecular weight excluding hydrogens is 200 g/mol. The molecule has 0 saturated carbocycles. The summed E-state index contributed by atoms with van der Waals surface area (Å²) in [5, 5.41) is 10.1. The van der Waals surface area contributed by atoms with Gasteiger partial charge in [0.15, 0.2) is 0 Å². The van der Waals surface area contributed by atoms with Crippen LogP contribution in [-0.2, 0) is 4.79 Å². The van der Waals surface area contributed by atoms with E-state index in [2.05, 4.69) is 19.1 Å². The molecule has 0 fully saturated rings. The van der Waals surface area contributed by atoms with Gasteiger partial charge in [-0.2, -0.15) is 0 Å². The van der Waals surface area contributed by atoms with Gasteiger partial charge >= 0.3 is 0 Å². The van der Waals surface area contributed by atoms with E-state index in [9.17, 15) is 9.90 Å². The highest BCUT2D eigenvalue weighted by molar-refractivity contribution is 5.60. The number of carbonyl (C=O) groups excluding carboxylic acids is 1. The van der Waals surface area contributed by atoms with Crippen LogP contribution in [0.15, 0.2) is 12.2 Å². The second-order valence-corrected chi connectivity index (χ2v) is 5.66. The van der Waals surface area contributed by atoms with Crippen molar-refractivity contribution in [3.63, 3.8) is 0 Å². The van der Waals surface area contributed by atoms with E-state index in [0.29, 0.717) is 0 Å². The Bertz CT molecular complexity index is 262. The molecule has 0 bridgehead atoms. The molecular formula is C14H24O2. The van der Waals surface area contributed by atoms with E-state index in [1.54, 1.807) is 0 Å². The van der Waals surface area contributed by atoms with E-state index < -0.39 is 5.60 Å². The van der Waals surface area contributed by atoms with Gasteiger partial charge in [0.05, 0.1) is 5.60 Å². The van der Waals surface area contributed by atoms with Gasteiger partial charge in [0.2, 0.25) is 0 Å². The second kappa shape index (κ2) is 5.13. The Hall–Kier alpha value is -0.630. The monoisotopic (exact) mass is 224 g/mol. The van der Waals surface area contributed by atoms with Crippen LogP contribution in [0.1, 0.15) is 52.9 Å². The molecule has 0 radical (unpaired) electrons. The summed E-state index contributed by atoms with van der Waals surface area (Å²) in [7, 11) is 0. The molecule has 1 aliphatic rings. The molecule has 0 saturated heterocycles. The first-order chi connectivity index (χ1) is 7.43. The van der Waals surface area contributed by atoms with Crippen LogP contribution >= 0.6 is 0 Å². The smallest absolute Gasteiger partial charge is 0.126 e. The predicted octanol–water partition coefficient (Wildman–Crippen LogP) is 3.10. The zero-order valence-corrected chi connectivity index (χ0v) is 10.7. The number of hydrogen-bond donors (Lipinski definition) is 1. The predicted molar refractivity (Wildman–Crippen MR) is 66.2 cm³/mol. The molecule has 16 heavy (non-hydrogen) atoms. The molecule has 1 N–H and O–H groups in total. The highest BCUT2D eigenvalue weighted by Crippen LogP contribution is 2.40. The molecule has 0 spiro atoms. The molecule has 2 nitrogen and oxygen atoms in total. The van der Waals surface area contributed by atoms with Crippen LogP contribution < -0.4 is 0 Å². The fourth-order valence-corrected chi connectivity index (χ4v) is 2.63. The molecule has 2 atom stereocenters. The normalized spacial score (nSPS) is 27.8. The van der Waals surface area contributed by atoms with Crippen LogP contribution in [0, 0.1) is 11.3 Å². The van der Waals surface area contributed by atoms with Crippen LogP contribution in [0.5, 0.6) is 0 Å². The summed E-state index contributed by atoms with van der Waals surface area (Å²) in [5.74, 6) is 0.198. The van der Waals surface area contributed by atoms with Crippen LogP contribution in [0.4, 0.5) is 0 Å². The lowest BCUT2D eigenvalue weighted by Gasteiger charge is -2.37. The zero-order chi connectivity index (χ0) is 12.2. The van der Waals surface area contributed by atoms with Crippen molar-refractivity contribution in [3.05, 3.63) is 12.2 Å². The minimum atomic E-state index is -0.689. The summed E-state index contributed by atoms with van der Waals surface area (Å²) in [6, 6.07) is 0. The first-order valence-electron chi connectivity index (χ1n) is 6.27. The van der Waals surface area contributed by atoms with Gasteiger partial charge in [-0.3, -0.25) is 0 Å². The summed E-state index contributed by atoms with van der Waals surface area (Å²) in [5.41, 5.74) is -0.915. The topological polar surface area (TPSA) is 37.3 Å². The Morgan fingerprint density at radius 1 is 1.50 bits per heavy atom. The Morgan fingerprint density at radius 2 is 2.19 bits per heavy atom. The molecule has 92 valence electrons. The van der Waals surface area contributed by atoms with Crippen molar-refractivity contribution in [1.29, 1.82) is 0 Å². The molecule has 0 amide bonds. The average Bonchev–Trinajstić information content (AvgIpc) is 2.26. The van der Waals surface area contributed by atoms with Crippen LogP contribution in [0.3, 0.4) is 0 Å².